The Morgan fingerprint density at radius 1 is 1.06 bits per heavy atom. The molecule has 0 aliphatic rings. The molecule has 0 heterocycles. The lowest BCUT2D eigenvalue weighted by Gasteiger charge is -2.38. The van der Waals surface area contributed by atoms with Crippen LogP contribution in [0.5, 0.6) is 0 Å². The number of hydrogen-bond donors (Lipinski definition) is 2. The quantitative estimate of drug-likeness (QED) is 0.813. The van der Waals surface area contributed by atoms with Gasteiger partial charge in [-0.2, -0.15) is 0 Å². The summed E-state index contributed by atoms with van der Waals surface area (Å²) in [6.45, 7) is 7.77. The average Bonchev–Trinajstić information content (AvgIpc) is 2.22. The fourth-order valence-corrected chi connectivity index (χ4v) is 1.94. The van der Waals surface area contributed by atoms with Crippen molar-refractivity contribution in [1.82, 2.24) is 5.32 Å². The number of hydrogen-bond acceptors (Lipinski definition) is 2. The Labute approximate surface area is 123 Å². The zero-order valence-electron chi connectivity index (χ0n) is 10.9. The lowest BCUT2D eigenvalue weighted by molar-refractivity contribution is -0.00531. The van der Waals surface area contributed by atoms with E-state index in [2.05, 4.69) is 5.32 Å². The zero-order chi connectivity index (χ0) is 14.1. The van der Waals surface area contributed by atoms with Crippen molar-refractivity contribution in [3.05, 3.63) is 32.8 Å². The van der Waals surface area contributed by atoms with Crippen LogP contribution in [0.4, 0.5) is 0 Å². The van der Waals surface area contributed by atoms with Crippen molar-refractivity contribution in [2.75, 3.05) is 0 Å². The van der Waals surface area contributed by atoms with E-state index in [9.17, 15) is 5.11 Å². The molecule has 0 bridgehead atoms. The molecule has 0 aliphatic heterocycles. The van der Waals surface area contributed by atoms with Crippen molar-refractivity contribution in [3.8, 4) is 0 Å². The maximum Gasteiger partial charge on any atom is 0.0767 e. The molecule has 0 fully saturated rings. The molecule has 1 aromatic rings. The molecule has 0 unspecified atom stereocenters. The van der Waals surface area contributed by atoms with Gasteiger partial charge in [0.25, 0.3) is 0 Å². The largest absolute Gasteiger partial charge is 0.389 e. The van der Waals surface area contributed by atoms with Gasteiger partial charge in [-0.15, -0.1) is 0 Å². The van der Waals surface area contributed by atoms with E-state index in [1.165, 1.54) is 0 Å². The van der Waals surface area contributed by atoms with Gasteiger partial charge in [-0.25, -0.2) is 0 Å². The molecule has 2 N–H and O–H groups in total. The van der Waals surface area contributed by atoms with Crippen LogP contribution in [0, 0.1) is 0 Å². The predicted molar refractivity (Wildman–Crippen MR) is 78.7 cm³/mol. The first-order valence-corrected chi connectivity index (χ1v) is 6.79. The van der Waals surface area contributed by atoms with Crippen LogP contribution < -0.4 is 5.32 Å². The van der Waals surface area contributed by atoms with E-state index in [1.807, 2.05) is 13.8 Å². The van der Waals surface area contributed by atoms with E-state index in [4.69, 9.17) is 34.8 Å². The van der Waals surface area contributed by atoms with E-state index in [0.29, 0.717) is 21.6 Å². The highest BCUT2D eigenvalue weighted by Gasteiger charge is 2.34. The number of benzene rings is 1. The van der Waals surface area contributed by atoms with Crippen molar-refractivity contribution in [2.24, 2.45) is 0 Å². The predicted octanol–water partition coefficient (Wildman–Crippen LogP) is 4.29. The van der Waals surface area contributed by atoms with Crippen LogP contribution in [0.15, 0.2) is 12.1 Å². The normalized spacial score (nSPS) is 12.9. The van der Waals surface area contributed by atoms with E-state index in [0.717, 1.165) is 5.56 Å². The van der Waals surface area contributed by atoms with Gasteiger partial charge in [0.1, 0.15) is 0 Å². The molecule has 0 atom stereocenters. The number of halogens is 3. The van der Waals surface area contributed by atoms with Gasteiger partial charge in [-0.05, 0) is 39.8 Å². The Morgan fingerprint density at radius 2 is 1.56 bits per heavy atom. The minimum absolute atomic E-state index is 0.440. The van der Waals surface area contributed by atoms with Crippen molar-refractivity contribution in [2.45, 2.75) is 45.4 Å². The van der Waals surface area contributed by atoms with Crippen molar-refractivity contribution < 1.29 is 5.11 Å². The first-order chi connectivity index (χ1) is 8.06. The lowest BCUT2D eigenvalue weighted by atomic mass is 9.86. The first kappa shape index (κ1) is 16.1. The summed E-state index contributed by atoms with van der Waals surface area (Å²) in [5.41, 5.74) is -0.616. The Kier molecular flexibility index (Phi) is 4.96. The van der Waals surface area contributed by atoms with E-state index in [1.54, 1.807) is 26.0 Å². The van der Waals surface area contributed by atoms with Crippen LogP contribution in [-0.4, -0.2) is 16.2 Å². The Hall–Kier alpha value is 0.01000. The summed E-state index contributed by atoms with van der Waals surface area (Å²) in [5.74, 6) is 0. The molecular weight excluding hydrogens is 293 g/mol. The molecule has 2 nitrogen and oxygen atoms in total. The smallest absolute Gasteiger partial charge is 0.0767 e. The molecule has 0 spiro atoms. The summed E-state index contributed by atoms with van der Waals surface area (Å²) < 4.78 is 0. The number of nitrogens with one attached hydrogen (secondary N) is 1. The van der Waals surface area contributed by atoms with Gasteiger partial charge in [0.2, 0.25) is 0 Å². The standard InChI is InChI=1S/C13H18Cl3NO/c1-12(2,13(3,4)18)17-7-8-9(14)5-6-10(15)11(8)16/h5-6,17-18H,7H2,1-4H3. The third-order valence-corrected chi connectivity index (χ3v) is 4.57. The van der Waals surface area contributed by atoms with Crippen molar-refractivity contribution in [1.29, 1.82) is 0 Å². The molecule has 102 valence electrons. The van der Waals surface area contributed by atoms with Crippen LogP contribution in [0.3, 0.4) is 0 Å². The minimum atomic E-state index is -0.871. The van der Waals surface area contributed by atoms with Gasteiger partial charge < -0.3 is 10.4 Å². The molecule has 0 amide bonds. The third kappa shape index (κ3) is 3.52. The van der Waals surface area contributed by atoms with E-state index >= 15 is 0 Å². The van der Waals surface area contributed by atoms with E-state index in [-0.39, 0.29) is 0 Å². The Balaban J connectivity index is 2.91. The molecule has 1 rings (SSSR count). The van der Waals surface area contributed by atoms with Gasteiger partial charge in [0.15, 0.2) is 0 Å². The highest BCUT2D eigenvalue weighted by Crippen LogP contribution is 2.32. The summed E-state index contributed by atoms with van der Waals surface area (Å²) in [7, 11) is 0. The Morgan fingerprint density at radius 3 is 2.06 bits per heavy atom. The van der Waals surface area contributed by atoms with Gasteiger partial charge in [0.05, 0.1) is 15.6 Å². The van der Waals surface area contributed by atoms with Crippen LogP contribution in [0.1, 0.15) is 33.3 Å². The molecule has 18 heavy (non-hydrogen) atoms. The topological polar surface area (TPSA) is 32.3 Å². The first-order valence-electron chi connectivity index (χ1n) is 5.66. The summed E-state index contributed by atoms with van der Waals surface area (Å²) in [4.78, 5) is 0. The highest BCUT2D eigenvalue weighted by molar-refractivity contribution is 6.44. The van der Waals surface area contributed by atoms with Crippen LogP contribution >= 0.6 is 34.8 Å². The summed E-state index contributed by atoms with van der Waals surface area (Å²) >= 11 is 18.2. The van der Waals surface area contributed by atoms with Gasteiger partial charge in [0, 0.05) is 22.7 Å². The molecule has 0 aromatic heterocycles. The third-order valence-electron chi connectivity index (χ3n) is 3.38. The maximum absolute atomic E-state index is 10.1. The molecule has 0 aliphatic carbocycles. The second-order valence-electron chi connectivity index (χ2n) is 5.36. The second-order valence-corrected chi connectivity index (χ2v) is 6.55. The van der Waals surface area contributed by atoms with Crippen LogP contribution in [0.2, 0.25) is 15.1 Å². The lowest BCUT2D eigenvalue weighted by Crippen LogP contribution is -2.55. The van der Waals surface area contributed by atoms with Gasteiger partial charge in [-0.3, -0.25) is 0 Å². The maximum atomic E-state index is 10.1. The Bertz CT molecular complexity index is 439. The highest BCUT2D eigenvalue weighted by atomic mass is 35.5. The molecule has 1 aromatic carbocycles. The average molecular weight is 311 g/mol. The number of aliphatic hydroxyl groups is 1. The zero-order valence-corrected chi connectivity index (χ0v) is 13.2. The monoisotopic (exact) mass is 309 g/mol. The molecule has 0 saturated carbocycles. The molecule has 0 radical (unpaired) electrons. The van der Waals surface area contributed by atoms with Crippen molar-refractivity contribution >= 4 is 34.8 Å². The SMILES string of the molecule is CC(C)(O)C(C)(C)NCc1c(Cl)ccc(Cl)c1Cl. The molecule has 5 heteroatoms. The molecule has 0 saturated heterocycles. The number of rotatable bonds is 4. The molecular formula is C13H18Cl3NO. The summed E-state index contributed by atoms with van der Waals surface area (Å²) in [6, 6.07) is 3.38. The van der Waals surface area contributed by atoms with Crippen LogP contribution in [0.25, 0.3) is 0 Å². The van der Waals surface area contributed by atoms with Crippen LogP contribution in [-0.2, 0) is 6.54 Å². The van der Waals surface area contributed by atoms with E-state index < -0.39 is 11.1 Å². The summed E-state index contributed by atoms with van der Waals surface area (Å²) in [5, 5.41) is 14.8. The van der Waals surface area contributed by atoms with Gasteiger partial charge in [-0.1, -0.05) is 34.8 Å². The minimum Gasteiger partial charge on any atom is -0.389 e. The van der Waals surface area contributed by atoms with Gasteiger partial charge >= 0.3 is 0 Å². The summed E-state index contributed by atoms with van der Waals surface area (Å²) in [6.07, 6.45) is 0. The fourth-order valence-electron chi connectivity index (χ4n) is 1.26. The van der Waals surface area contributed by atoms with Crippen molar-refractivity contribution in [3.63, 3.8) is 0 Å². The fraction of sp³-hybridized carbons (Fsp3) is 0.538. The second kappa shape index (κ2) is 5.56.